The summed E-state index contributed by atoms with van der Waals surface area (Å²) >= 11 is 4.89. The molecule has 23 heavy (non-hydrogen) atoms. The molecule has 0 bridgehead atoms. The minimum Gasteiger partial charge on any atom is -0.493 e. The Kier molecular flexibility index (Phi) is 6.36. The first-order chi connectivity index (χ1) is 11.0. The molecular formula is C17H18BrNO3S. The fourth-order valence-corrected chi connectivity index (χ4v) is 3.22. The van der Waals surface area contributed by atoms with Crippen molar-refractivity contribution in [2.45, 2.75) is 17.1 Å². The number of benzene rings is 2. The van der Waals surface area contributed by atoms with Gasteiger partial charge in [0.25, 0.3) is 0 Å². The van der Waals surface area contributed by atoms with Gasteiger partial charge in [-0.05, 0) is 53.2 Å². The first-order valence-electron chi connectivity index (χ1n) is 6.99. The average molecular weight is 396 g/mol. The second-order valence-corrected chi connectivity index (χ2v) is 7.01. The van der Waals surface area contributed by atoms with E-state index in [9.17, 15) is 4.79 Å². The lowest BCUT2D eigenvalue weighted by Gasteiger charge is -2.14. The molecule has 4 nitrogen and oxygen atoms in total. The van der Waals surface area contributed by atoms with Crippen molar-refractivity contribution in [1.29, 1.82) is 0 Å². The van der Waals surface area contributed by atoms with Crippen molar-refractivity contribution in [3.05, 3.63) is 46.9 Å². The molecule has 0 aliphatic rings. The maximum Gasteiger partial charge on any atom is 0.237 e. The Bertz CT molecular complexity index is 693. The molecule has 1 N–H and O–H groups in total. The molecule has 0 aliphatic carbocycles. The Labute approximate surface area is 148 Å². The number of hydrogen-bond donors (Lipinski definition) is 1. The van der Waals surface area contributed by atoms with Crippen molar-refractivity contribution in [1.82, 2.24) is 0 Å². The minimum atomic E-state index is -0.250. The zero-order valence-electron chi connectivity index (χ0n) is 13.1. The monoisotopic (exact) mass is 395 g/mol. The van der Waals surface area contributed by atoms with Gasteiger partial charge in [0.2, 0.25) is 5.91 Å². The summed E-state index contributed by atoms with van der Waals surface area (Å²) in [5.74, 6) is 1.26. The van der Waals surface area contributed by atoms with Gasteiger partial charge in [-0.3, -0.25) is 4.79 Å². The van der Waals surface area contributed by atoms with Crippen LogP contribution in [0.4, 0.5) is 5.69 Å². The second kappa shape index (κ2) is 8.26. The first-order valence-corrected chi connectivity index (χ1v) is 8.66. The van der Waals surface area contributed by atoms with Crippen molar-refractivity contribution in [3.63, 3.8) is 0 Å². The number of rotatable bonds is 6. The first kappa shape index (κ1) is 17.7. The lowest BCUT2D eigenvalue weighted by Crippen LogP contribution is -2.22. The fourth-order valence-electron chi connectivity index (χ4n) is 1.94. The van der Waals surface area contributed by atoms with Crippen LogP contribution < -0.4 is 14.8 Å². The van der Waals surface area contributed by atoms with Crippen molar-refractivity contribution >= 4 is 39.3 Å². The highest BCUT2D eigenvalue weighted by Gasteiger charge is 2.16. The number of halogens is 1. The largest absolute Gasteiger partial charge is 0.493 e. The van der Waals surface area contributed by atoms with Crippen LogP contribution in [0.3, 0.4) is 0 Å². The van der Waals surface area contributed by atoms with E-state index in [2.05, 4.69) is 21.2 Å². The highest BCUT2D eigenvalue weighted by molar-refractivity contribution is 9.10. The quantitative estimate of drug-likeness (QED) is 0.726. The van der Waals surface area contributed by atoms with Crippen molar-refractivity contribution in [2.75, 3.05) is 19.5 Å². The van der Waals surface area contributed by atoms with Crippen LogP contribution in [0.15, 0.2) is 51.8 Å². The number of hydrogen-bond acceptors (Lipinski definition) is 4. The molecule has 0 saturated carbocycles. The van der Waals surface area contributed by atoms with Gasteiger partial charge >= 0.3 is 0 Å². The fraction of sp³-hybridized carbons (Fsp3) is 0.235. The van der Waals surface area contributed by atoms with Gasteiger partial charge in [-0.15, -0.1) is 11.8 Å². The minimum absolute atomic E-state index is 0.0586. The van der Waals surface area contributed by atoms with Crippen molar-refractivity contribution in [3.8, 4) is 11.5 Å². The Morgan fingerprint density at radius 1 is 1.13 bits per heavy atom. The van der Waals surface area contributed by atoms with E-state index >= 15 is 0 Å². The Morgan fingerprint density at radius 2 is 1.83 bits per heavy atom. The molecule has 0 aromatic heterocycles. The molecule has 6 heteroatoms. The summed E-state index contributed by atoms with van der Waals surface area (Å²) in [7, 11) is 3.19. The van der Waals surface area contributed by atoms with Crippen LogP contribution >= 0.6 is 27.7 Å². The van der Waals surface area contributed by atoms with E-state index in [1.165, 1.54) is 11.8 Å². The average Bonchev–Trinajstić information content (AvgIpc) is 2.56. The molecule has 2 rings (SSSR count). The van der Waals surface area contributed by atoms with Gasteiger partial charge in [-0.2, -0.15) is 0 Å². The van der Waals surface area contributed by atoms with Crippen LogP contribution in [0.5, 0.6) is 11.5 Å². The number of carbonyl (C=O) groups is 1. The molecular weight excluding hydrogens is 378 g/mol. The maximum absolute atomic E-state index is 12.3. The van der Waals surface area contributed by atoms with Crippen LogP contribution in [-0.2, 0) is 4.79 Å². The van der Waals surface area contributed by atoms with Crippen LogP contribution in [0.1, 0.15) is 6.92 Å². The zero-order valence-corrected chi connectivity index (χ0v) is 15.5. The molecule has 1 amide bonds. The predicted octanol–water partition coefficient (Wildman–Crippen LogP) is 4.59. The van der Waals surface area contributed by atoms with Crippen LogP contribution in [-0.4, -0.2) is 25.4 Å². The van der Waals surface area contributed by atoms with Gasteiger partial charge in [0.1, 0.15) is 0 Å². The molecule has 0 fully saturated rings. The van der Waals surface area contributed by atoms with E-state index in [1.807, 2.05) is 49.4 Å². The van der Waals surface area contributed by atoms with Crippen LogP contribution in [0, 0.1) is 0 Å². The smallest absolute Gasteiger partial charge is 0.237 e. The number of anilines is 1. The summed E-state index contributed by atoms with van der Waals surface area (Å²) in [5, 5.41) is 2.67. The molecule has 2 aromatic carbocycles. The van der Waals surface area contributed by atoms with E-state index < -0.39 is 0 Å². The molecule has 1 atom stereocenters. The van der Waals surface area contributed by atoms with Gasteiger partial charge in [-0.1, -0.05) is 12.1 Å². The van der Waals surface area contributed by atoms with Crippen LogP contribution in [0.2, 0.25) is 0 Å². The van der Waals surface area contributed by atoms with E-state index in [4.69, 9.17) is 9.47 Å². The van der Waals surface area contributed by atoms with E-state index in [1.54, 1.807) is 14.2 Å². The number of methoxy groups -OCH3 is 2. The summed E-state index contributed by atoms with van der Waals surface area (Å²) in [4.78, 5) is 13.3. The predicted molar refractivity (Wildman–Crippen MR) is 97.6 cm³/mol. The van der Waals surface area contributed by atoms with E-state index in [0.29, 0.717) is 11.5 Å². The van der Waals surface area contributed by atoms with E-state index in [0.717, 1.165) is 15.1 Å². The van der Waals surface area contributed by atoms with Crippen molar-refractivity contribution in [2.24, 2.45) is 0 Å². The Hall–Kier alpha value is -1.66. The molecule has 0 saturated heterocycles. The lowest BCUT2D eigenvalue weighted by atomic mass is 10.3. The lowest BCUT2D eigenvalue weighted by molar-refractivity contribution is -0.115. The highest BCUT2D eigenvalue weighted by atomic mass is 79.9. The SMILES string of the molecule is COc1ccc(S[C@@H](C)C(=O)Nc2ccccc2Br)cc1OC. The zero-order chi connectivity index (χ0) is 16.8. The molecule has 0 radical (unpaired) electrons. The summed E-state index contributed by atoms with van der Waals surface area (Å²) < 4.78 is 11.4. The normalized spacial score (nSPS) is 11.7. The molecule has 0 heterocycles. The summed E-state index contributed by atoms with van der Waals surface area (Å²) in [5.41, 5.74) is 0.761. The van der Waals surface area contributed by atoms with Gasteiger partial charge in [0.15, 0.2) is 11.5 Å². The van der Waals surface area contributed by atoms with Gasteiger partial charge in [0.05, 0.1) is 25.2 Å². The third kappa shape index (κ3) is 4.65. The maximum atomic E-state index is 12.3. The number of amides is 1. The summed E-state index contributed by atoms with van der Waals surface area (Å²) in [6.07, 6.45) is 0. The Balaban J connectivity index is 2.05. The number of para-hydroxylation sites is 1. The number of nitrogens with one attached hydrogen (secondary N) is 1. The van der Waals surface area contributed by atoms with Crippen LogP contribution in [0.25, 0.3) is 0 Å². The highest BCUT2D eigenvalue weighted by Crippen LogP contribution is 2.34. The topological polar surface area (TPSA) is 47.6 Å². The Morgan fingerprint density at radius 3 is 2.48 bits per heavy atom. The van der Waals surface area contributed by atoms with Crippen molar-refractivity contribution < 1.29 is 14.3 Å². The summed E-state index contributed by atoms with van der Waals surface area (Å²) in [6, 6.07) is 13.1. The number of ether oxygens (including phenoxy) is 2. The molecule has 0 spiro atoms. The number of thioether (sulfide) groups is 1. The summed E-state index contributed by atoms with van der Waals surface area (Å²) in [6.45, 7) is 1.87. The van der Waals surface area contributed by atoms with Gasteiger partial charge in [0, 0.05) is 9.37 Å². The number of carbonyl (C=O) groups excluding carboxylic acids is 1. The van der Waals surface area contributed by atoms with Gasteiger partial charge < -0.3 is 14.8 Å². The molecule has 0 unspecified atom stereocenters. The molecule has 0 aliphatic heterocycles. The molecule has 2 aromatic rings. The second-order valence-electron chi connectivity index (χ2n) is 4.75. The van der Waals surface area contributed by atoms with Gasteiger partial charge in [-0.25, -0.2) is 0 Å². The standard InChI is InChI=1S/C17H18BrNO3S/c1-11(17(20)19-14-7-5-4-6-13(14)18)23-12-8-9-15(21-2)16(10-12)22-3/h4-11H,1-3H3,(H,19,20)/t11-/m0/s1. The molecule has 122 valence electrons. The third-order valence-electron chi connectivity index (χ3n) is 3.17. The third-order valence-corrected chi connectivity index (χ3v) is 4.95. The van der Waals surface area contributed by atoms with E-state index in [-0.39, 0.29) is 11.2 Å².